The predicted octanol–water partition coefficient (Wildman–Crippen LogP) is 5.84. The Bertz CT molecular complexity index is 726. The Morgan fingerprint density at radius 2 is 1.41 bits per heavy atom. The highest BCUT2D eigenvalue weighted by Crippen LogP contribution is 2.32. The first-order valence-electron chi connectivity index (χ1n) is 11.5. The Balaban J connectivity index is 1.79. The Kier molecular flexibility index (Phi) is 7.91. The molecule has 1 heterocycles. The largest absolute Gasteiger partial charge is 0.317 e. The zero-order valence-electron chi connectivity index (χ0n) is 19.0. The van der Waals surface area contributed by atoms with Gasteiger partial charge in [0.25, 0.3) is 0 Å². The van der Waals surface area contributed by atoms with E-state index in [9.17, 15) is 0 Å². The molecule has 2 nitrogen and oxygen atoms in total. The Morgan fingerprint density at radius 3 is 1.97 bits per heavy atom. The lowest BCUT2D eigenvalue weighted by molar-refractivity contribution is 0.208. The highest BCUT2D eigenvalue weighted by Gasteiger charge is 2.30. The van der Waals surface area contributed by atoms with Crippen LogP contribution in [0.5, 0.6) is 0 Å². The second-order valence-electron chi connectivity index (χ2n) is 9.58. The molecule has 2 aromatic rings. The minimum absolute atomic E-state index is 0.436. The molecule has 0 aliphatic carbocycles. The summed E-state index contributed by atoms with van der Waals surface area (Å²) < 4.78 is 0. The van der Waals surface area contributed by atoms with Crippen LogP contribution in [0.15, 0.2) is 48.5 Å². The molecule has 1 saturated heterocycles. The van der Waals surface area contributed by atoms with E-state index in [1.54, 1.807) is 0 Å². The van der Waals surface area contributed by atoms with E-state index in [-0.39, 0.29) is 0 Å². The summed E-state index contributed by atoms with van der Waals surface area (Å²) in [5.74, 6) is 1.89. The number of benzene rings is 2. The summed E-state index contributed by atoms with van der Waals surface area (Å²) in [6, 6.07) is 19.2. The van der Waals surface area contributed by atoms with Gasteiger partial charge < -0.3 is 10.6 Å². The van der Waals surface area contributed by atoms with Crippen molar-refractivity contribution in [3.63, 3.8) is 0 Å². The van der Waals surface area contributed by atoms with Crippen molar-refractivity contribution in [2.45, 2.75) is 66.0 Å². The third kappa shape index (κ3) is 6.17. The first-order valence-corrected chi connectivity index (χ1v) is 11.5. The van der Waals surface area contributed by atoms with Gasteiger partial charge in [-0.3, -0.25) is 0 Å². The number of aryl methyl sites for hydroxylation is 2. The molecule has 2 aromatic carbocycles. The van der Waals surface area contributed by atoms with Gasteiger partial charge in [-0.25, -0.2) is 0 Å². The molecule has 1 aliphatic rings. The second kappa shape index (κ2) is 10.4. The highest BCUT2D eigenvalue weighted by molar-refractivity contribution is 5.25. The molecule has 0 radical (unpaired) electrons. The summed E-state index contributed by atoms with van der Waals surface area (Å²) in [6.07, 6.45) is 3.63. The molecule has 3 atom stereocenters. The highest BCUT2D eigenvalue weighted by atomic mass is 15.0. The maximum absolute atomic E-state index is 4.16. The van der Waals surface area contributed by atoms with Crippen molar-refractivity contribution in [1.29, 1.82) is 0 Å². The standard InChI is InChI=1S/C27H40N2/c1-19(2)26(22(5)18-23-10-6-20(3)7-11-23)29-27(25-14-16-28-17-15-25)24-12-8-21(4)9-13-24/h6-13,19,22,25-29H,14-18H2,1-5H3. The molecule has 3 unspecified atom stereocenters. The molecule has 0 amide bonds. The molecule has 158 valence electrons. The molecule has 2 N–H and O–H groups in total. The van der Waals surface area contributed by atoms with Crippen molar-refractivity contribution < 1.29 is 0 Å². The van der Waals surface area contributed by atoms with Crippen LogP contribution in [0.3, 0.4) is 0 Å². The molecule has 1 fully saturated rings. The third-order valence-electron chi connectivity index (χ3n) is 6.67. The van der Waals surface area contributed by atoms with Crippen molar-refractivity contribution in [3.05, 3.63) is 70.8 Å². The van der Waals surface area contributed by atoms with E-state index in [2.05, 4.69) is 93.8 Å². The Labute approximate surface area is 178 Å². The quantitative estimate of drug-likeness (QED) is 0.590. The van der Waals surface area contributed by atoms with Crippen molar-refractivity contribution in [1.82, 2.24) is 10.6 Å². The average molecular weight is 393 g/mol. The van der Waals surface area contributed by atoms with Gasteiger partial charge >= 0.3 is 0 Å². The number of rotatable bonds is 8. The minimum atomic E-state index is 0.436. The number of hydrogen-bond acceptors (Lipinski definition) is 2. The molecule has 0 spiro atoms. The number of nitrogens with one attached hydrogen (secondary N) is 2. The van der Waals surface area contributed by atoms with Crippen LogP contribution in [0.1, 0.15) is 61.9 Å². The van der Waals surface area contributed by atoms with Crippen LogP contribution >= 0.6 is 0 Å². The molecule has 29 heavy (non-hydrogen) atoms. The molecule has 2 heteroatoms. The van der Waals surface area contributed by atoms with Crippen LogP contribution in [-0.2, 0) is 6.42 Å². The van der Waals surface area contributed by atoms with E-state index in [0.29, 0.717) is 29.8 Å². The molecule has 0 aromatic heterocycles. The molecule has 3 rings (SSSR count). The van der Waals surface area contributed by atoms with Gasteiger partial charge in [0, 0.05) is 12.1 Å². The Morgan fingerprint density at radius 1 is 0.862 bits per heavy atom. The number of hydrogen-bond donors (Lipinski definition) is 2. The summed E-state index contributed by atoms with van der Waals surface area (Å²) in [4.78, 5) is 0. The van der Waals surface area contributed by atoms with Crippen molar-refractivity contribution in [3.8, 4) is 0 Å². The van der Waals surface area contributed by atoms with E-state index in [4.69, 9.17) is 0 Å². The SMILES string of the molecule is Cc1ccc(CC(C)C(NC(c2ccc(C)cc2)C2CCNCC2)C(C)C)cc1. The van der Waals surface area contributed by atoms with Crippen molar-refractivity contribution in [2.75, 3.05) is 13.1 Å². The van der Waals surface area contributed by atoms with Crippen LogP contribution in [0.4, 0.5) is 0 Å². The van der Waals surface area contributed by atoms with Crippen LogP contribution in [0.25, 0.3) is 0 Å². The fourth-order valence-corrected chi connectivity index (χ4v) is 4.90. The lowest BCUT2D eigenvalue weighted by Crippen LogP contribution is -2.46. The van der Waals surface area contributed by atoms with Crippen LogP contribution < -0.4 is 10.6 Å². The third-order valence-corrected chi connectivity index (χ3v) is 6.67. The maximum atomic E-state index is 4.16. The van der Waals surface area contributed by atoms with Crippen LogP contribution in [0.2, 0.25) is 0 Å². The van der Waals surface area contributed by atoms with Gasteiger partial charge in [0.15, 0.2) is 0 Å². The van der Waals surface area contributed by atoms with E-state index in [1.807, 2.05) is 0 Å². The van der Waals surface area contributed by atoms with Gasteiger partial charge in [-0.2, -0.15) is 0 Å². The molecule has 0 bridgehead atoms. The maximum Gasteiger partial charge on any atom is 0.0352 e. The monoisotopic (exact) mass is 392 g/mol. The summed E-state index contributed by atoms with van der Waals surface area (Å²) in [7, 11) is 0. The number of piperidine rings is 1. The van der Waals surface area contributed by atoms with E-state index in [1.165, 1.54) is 35.1 Å². The van der Waals surface area contributed by atoms with Crippen LogP contribution in [0, 0.1) is 31.6 Å². The first-order chi connectivity index (χ1) is 13.9. The summed E-state index contributed by atoms with van der Waals surface area (Å²) >= 11 is 0. The smallest absolute Gasteiger partial charge is 0.0352 e. The molecular weight excluding hydrogens is 352 g/mol. The fourth-order valence-electron chi connectivity index (χ4n) is 4.90. The zero-order valence-corrected chi connectivity index (χ0v) is 19.0. The summed E-state index contributed by atoms with van der Waals surface area (Å²) in [6.45, 7) is 13.8. The van der Waals surface area contributed by atoms with Gasteiger partial charge in [-0.05, 0) is 75.1 Å². The molecular formula is C27H40N2. The van der Waals surface area contributed by atoms with E-state index < -0.39 is 0 Å². The van der Waals surface area contributed by atoms with Gasteiger partial charge in [0.1, 0.15) is 0 Å². The zero-order chi connectivity index (χ0) is 20.8. The van der Waals surface area contributed by atoms with Crippen molar-refractivity contribution in [2.24, 2.45) is 17.8 Å². The van der Waals surface area contributed by atoms with Crippen LogP contribution in [-0.4, -0.2) is 19.1 Å². The van der Waals surface area contributed by atoms with Gasteiger partial charge in [0.05, 0.1) is 0 Å². The topological polar surface area (TPSA) is 24.1 Å². The van der Waals surface area contributed by atoms with E-state index >= 15 is 0 Å². The summed E-state index contributed by atoms with van der Waals surface area (Å²) in [5.41, 5.74) is 5.58. The second-order valence-corrected chi connectivity index (χ2v) is 9.58. The summed E-state index contributed by atoms with van der Waals surface area (Å²) in [5, 5.41) is 7.70. The minimum Gasteiger partial charge on any atom is -0.317 e. The van der Waals surface area contributed by atoms with Gasteiger partial charge in [-0.1, -0.05) is 80.4 Å². The van der Waals surface area contributed by atoms with Gasteiger partial charge in [0.2, 0.25) is 0 Å². The molecule has 1 aliphatic heterocycles. The predicted molar refractivity (Wildman–Crippen MR) is 125 cm³/mol. The van der Waals surface area contributed by atoms with Gasteiger partial charge in [-0.15, -0.1) is 0 Å². The molecule has 0 saturated carbocycles. The normalized spacial score (nSPS) is 18.6. The lowest BCUT2D eigenvalue weighted by atomic mass is 9.81. The average Bonchev–Trinajstić information content (AvgIpc) is 2.71. The fraction of sp³-hybridized carbons (Fsp3) is 0.556. The first kappa shape index (κ1) is 22.1. The van der Waals surface area contributed by atoms with Crippen molar-refractivity contribution >= 4 is 0 Å². The Hall–Kier alpha value is -1.64. The lowest BCUT2D eigenvalue weighted by Gasteiger charge is -2.38. The van der Waals surface area contributed by atoms with E-state index in [0.717, 1.165) is 19.5 Å².